The van der Waals surface area contributed by atoms with Crippen molar-refractivity contribution < 1.29 is 22.4 Å². The van der Waals surface area contributed by atoms with Crippen LogP contribution in [-0.2, 0) is 9.47 Å². The summed E-state index contributed by atoms with van der Waals surface area (Å²) in [6.45, 7) is -1.31. The van der Waals surface area contributed by atoms with Crippen molar-refractivity contribution in [2.45, 2.75) is 12.3 Å². The lowest BCUT2D eigenvalue weighted by molar-refractivity contribution is -0.118. The number of aliphatic hydroxyl groups excluding tert-OH is 2. The number of aromatic amines is 1. The first-order chi connectivity index (χ1) is 9.47. The van der Waals surface area contributed by atoms with Gasteiger partial charge in [-0.15, -0.1) is 0 Å². The zero-order valence-corrected chi connectivity index (χ0v) is 9.48. The molecule has 0 fully saturated rings. The smallest absolute Gasteiger partial charge is 0.330 e. The van der Waals surface area contributed by atoms with Crippen molar-refractivity contribution in [3.63, 3.8) is 0 Å². The van der Waals surface area contributed by atoms with E-state index in [4.69, 9.17) is 12.6 Å². The molecule has 0 aliphatic carbocycles. The first-order valence-corrected chi connectivity index (χ1v) is 5.12. The standard InChI is InChI=1S/C10H16N2O6/c1-17-6-7(4-13)18-9(5-14)12-3-2-8(15)11-10(12)16/h2-3,7,9,13-14H,4-6H2,1H3,(H,11,15,16)/t7-,9+/m0/s1/i1TD/t1?,7-,9+. The van der Waals surface area contributed by atoms with E-state index in [2.05, 4.69) is 4.74 Å². The fraction of sp³-hybridized carbons (Fsp3) is 0.600. The molecule has 1 rings (SSSR count). The molecule has 0 saturated carbocycles. The Morgan fingerprint density at radius 1 is 1.61 bits per heavy atom. The summed E-state index contributed by atoms with van der Waals surface area (Å²) in [5.74, 6) is 0. The third-order valence-corrected chi connectivity index (χ3v) is 2.15. The van der Waals surface area contributed by atoms with Crippen LogP contribution in [0.2, 0.25) is 0 Å². The van der Waals surface area contributed by atoms with Gasteiger partial charge in [-0.05, 0) is 0 Å². The van der Waals surface area contributed by atoms with Crippen molar-refractivity contribution >= 4 is 0 Å². The van der Waals surface area contributed by atoms with Crippen molar-refractivity contribution in [1.29, 1.82) is 0 Å². The van der Waals surface area contributed by atoms with Crippen molar-refractivity contribution in [2.24, 2.45) is 0 Å². The summed E-state index contributed by atoms with van der Waals surface area (Å²) in [4.78, 5) is 24.5. The number of nitrogens with zero attached hydrogens (tertiary/aromatic N) is 1. The van der Waals surface area contributed by atoms with Crippen molar-refractivity contribution in [2.75, 3.05) is 26.9 Å². The fourth-order valence-corrected chi connectivity index (χ4v) is 1.32. The van der Waals surface area contributed by atoms with Gasteiger partial charge in [0.1, 0.15) is 6.10 Å². The number of H-pyrrole nitrogens is 1. The minimum atomic E-state index is -1.53. The topological polar surface area (TPSA) is 114 Å². The molecular formula is C10H16N2O6. The summed E-state index contributed by atoms with van der Waals surface area (Å²) in [6, 6.07) is 1.08. The van der Waals surface area contributed by atoms with E-state index in [0.717, 1.165) is 16.8 Å². The van der Waals surface area contributed by atoms with Gasteiger partial charge in [-0.1, -0.05) is 0 Å². The summed E-state index contributed by atoms with van der Waals surface area (Å²) in [5.41, 5.74) is -1.36. The van der Waals surface area contributed by atoms with Crippen molar-refractivity contribution in [1.82, 2.24) is 9.55 Å². The minimum Gasteiger partial charge on any atom is -0.394 e. The number of hydrogen-bond donors (Lipinski definition) is 3. The summed E-state index contributed by atoms with van der Waals surface area (Å²) >= 11 is 0. The second-order valence-electron chi connectivity index (χ2n) is 3.43. The van der Waals surface area contributed by atoms with Crippen molar-refractivity contribution in [3.05, 3.63) is 33.1 Å². The maximum absolute atomic E-state index is 11.5. The minimum absolute atomic E-state index is 0.247. The second kappa shape index (κ2) is 7.07. The Hall–Kier alpha value is -1.48. The van der Waals surface area contributed by atoms with Gasteiger partial charge in [0.15, 0.2) is 6.23 Å². The summed E-state index contributed by atoms with van der Waals surface area (Å²) in [7, 11) is -1.53. The maximum Gasteiger partial charge on any atom is 0.330 e. The molecule has 0 aliphatic heterocycles. The normalized spacial score (nSPS) is 17.7. The molecule has 102 valence electrons. The van der Waals surface area contributed by atoms with Crippen LogP contribution in [0, 0.1) is 0 Å². The highest BCUT2D eigenvalue weighted by molar-refractivity contribution is 4.84. The summed E-state index contributed by atoms with van der Waals surface area (Å²) in [6.07, 6.45) is -0.908. The monoisotopic (exact) mass is 263 g/mol. The highest BCUT2D eigenvalue weighted by atomic mass is 16.6. The van der Waals surface area contributed by atoms with Crippen LogP contribution in [0.15, 0.2) is 21.9 Å². The highest BCUT2D eigenvalue weighted by Gasteiger charge is 2.18. The van der Waals surface area contributed by atoms with E-state index in [9.17, 15) is 14.7 Å². The predicted octanol–water partition coefficient (Wildman–Crippen LogP) is -1.95. The number of nitrogens with one attached hydrogen (secondary N) is 1. The molecule has 3 N–H and O–H groups in total. The van der Waals surface area contributed by atoms with Gasteiger partial charge in [-0.25, -0.2) is 4.79 Å². The van der Waals surface area contributed by atoms with E-state index in [1.165, 1.54) is 0 Å². The largest absolute Gasteiger partial charge is 0.394 e. The lowest BCUT2D eigenvalue weighted by atomic mass is 10.4. The number of aromatic nitrogens is 2. The van der Waals surface area contributed by atoms with Crippen molar-refractivity contribution in [3.8, 4) is 0 Å². The van der Waals surface area contributed by atoms with E-state index in [1.54, 1.807) is 0 Å². The Morgan fingerprint density at radius 3 is 2.94 bits per heavy atom. The summed E-state index contributed by atoms with van der Waals surface area (Å²) < 4.78 is 24.6. The zero-order valence-electron chi connectivity index (χ0n) is 11.5. The van der Waals surface area contributed by atoms with Gasteiger partial charge in [0.05, 0.1) is 22.6 Å². The molecule has 1 heterocycles. The van der Waals surface area contributed by atoms with E-state index < -0.39 is 43.9 Å². The molecule has 0 bridgehead atoms. The molecule has 1 unspecified atom stereocenters. The molecule has 0 saturated heterocycles. The summed E-state index contributed by atoms with van der Waals surface area (Å²) in [5, 5.41) is 18.3. The molecule has 0 radical (unpaired) electrons. The Labute approximate surface area is 105 Å². The molecule has 0 spiro atoms. The molecule has 0 aliphatic rings. The molecule has 18 heavy (non-hydrogen) atoms. The fourth-order valence-electron chi connectivity index (χ4n) is 1.32. The Morgan fingerprint density at radius 2 is 2.39 bits per heavy atom. The molecule has 8 heteroatoms. The van der Waals surface area contributed by atoms with Gasteiger partial charge in [0, 0.05) is 19.3 Å². The van der Waals surface area contributed by atoms with Gasteiger partial charge in [0.2, 0.25) is 0 Å². The Kier molecular flexibility index (Phi) is 4.55. The first-order valence-electron chi connectivity index (χ1n) is 6.28. The van der Waals surface area contributed by atoms with Gasteiger partial charge in [-0.3, -0.25) is 14.3 Å². The number of rotatable bonds is 7. The van der Waals surface area contributed by atoms with Crippen LogP contribution >= 0.6 is 0 Å². The molecule has 0 aromatic carbocycles. The Bertz CT molecular complexity index is 517. The van der Waals surface area contributed by atoms with Gasteiger partial charge in [0.25, 0.3) is 5.56 Å². The van der Waals surface area contributed by atoms with Crippen LogP contribution in [0.3, 0.4) is 0 Å². The van der Waals surface area contributed by atoms with Crippen LogP contribution in [0.25, 0.3) is 0 Å². The van der Waals surface area contributed by atoms with E-state index >= 15 is 0 Å². The number of methoxy groups -OCH3 is 1. The average molecular weight is 263 g/mol. The van der Waals surface area contributed by atoms with Crippen LogP contribution in [0.1, 0.15) is 8.97 Å². The molecule has 3 atom stereocenters. The van der Waals surface area contributed by atoms with E-state index in [0.29, 0.717) is 0 Å². The molecule has 1 aromatic rings. The molecule has 8 nitrogen and oxygen atoms in total. The molecule has 1 aromatic heterocycles. The van der Waals surface area contributed by atoms with Crippen LogP contribution < -0.4 is 11.2 Å². The zero-order chi connectivity index (χ0) is 15.1. The van der Waals surface area contributed by atoms with Crippen LogP contribution in [0.4, 0.5) is 0 Å². The lowest BCUT2D eigenvalue weighted by Crippen LogP contribution is -2.37. The van der Waals surface area contributed by atoms with Gasteiger partial charge >= 0.3 is 5.69 Å². The third kappa shape index (κ3) is 3.77. The molecule has 0 amide bonds. The first kappa shape index (κ1) is 11.6. The number of hydrogen-bond acceptors (Lipinski definition) is 6. The SMILES string of the molecule is [2H]C([3H])OC[C@H](CO)O[C@H](CO)n1ccc(=O)[nH]c1=O. The second-order valence-corrected chi connectivity index (χ2v) is 3.43. The quantitative estimate of drug-likeness (QED) is 0.527. The van der Waals surface area contributed by atoms with Crippen LogP contribution in [0.5, 0.6) is 0 Å². The third-order valence-electron chi connectivity index (χ3n) is 2.15. The van der Waals surface area contributed by atoms with E-state index in [1.807, 2.05) is 4.98 Å². The number of aliphatic hydroxyl groups is 2. The maximum atomic E-state index is 11.5. The van der Waals surface area contributed by atoms with Gasteiger partial charge in [-0.2, -0.15) is 0 Å². The number of ether oxygens (including phenoxy) is 2. The predicted molar refractivity (Wildman–Crippen MR) is 61.3 cm³/mol. The van der Waals surface area contributed by atoms with Crippen LogP contribution in [-0.4, -0.2) is 52.8 Å². The Balaban J connectivity index is 2.79. The van der Waals surface area contributed by atoms with Gasteiger partial charge < -0.3 is 19.7 Å². The highest BCUT2D eigenvalue weighted by Crippen LogP contribution is 2.08. The molecular weight excluding hydrogens is 244 g/mol. The lowest BCUT2D eigenvalue weighted by Gasteiger charge is -2.22. The average Bonchev–Trinajstić information content (AvgIpc) is 2.40. The van der Waals surface area contributed by atoms with E-state index in [-0.39, 0.29) is 6.61 Å².